The maximum Gasteiger partial charge on any atom is 0.410 e. The molecule has 4 rings (SSSR count). The van der Waals surface area contributed by atoms with Gasteiger partial charge in [0.15, 0.2) is 0 Å². The lowest BCUT2D eigenvalue weighted by Crippen LogP contribution is -2.54. The minimum atomic E-state index is -1.39. The van der Waals surface area contributed by atoms with E-state index in [1.54, 1.807) is 37.8 Å². The fraction of sp³-hybridized carbons (Fsp3) is 0.511. The number of piperidine rings is 1. The summed E-state index contributed by atoms with van der Waals surface area (Å²) in [5, 5.41) is 8.28. The number of amides is 4. The van der Waals surface area contributed by atoms with Crippen LogP contribution in [0.3, 0.4) is 0 Å². The molecule has 3 unspecified atom stereocenters. The first-order valence-corrected chi connectivity index (χ1v) is 20.8. The number of carbonyl (C=O) groups is 5. The molecule has 60 heavy (non-hydrogen) atoms. The molecule has 13 heteroatoms. The molecular formula is C47H64N4O9. The van der Waals surface area contributed by atoms with Gasteiger partial charge in [0.1, 0.15) is 35.6 Å². The van der Waals surface area contributed by atoms with Crippen molar-refractivity contribution in [2.24, 2.45) is 11.8 Å². The van der Waals surface area contributed by atoms with Gasteiger partial charge in [0.05, 0.1) is 13.0 Å². The van der Waals surface area contributed by atoms with Crippen LogP contribution < -0.4 is 20.7 Å². The van der Waals surface area contributed by atoms with Crippen molar-refractivity contribution in [2.45, 2.75) is 124 Å². The van der Waals surface area contributed by atoms with Gasteiger partial charge < -0.3 is 39.8 Å². The summed E-state index contributed by atoms with van der Waals surface area (Å²) in [7, 11) is 0. The first kappa shape index (κ1) is 47.1. The maximum absolute atomic E-state index is 13.9. The zero-order valence-corrected chi connectivity index (χ0v) is 36.5. The Morgan fingerprint density at radius 2 is 1.43 bits per heavy atom. The Morgan fingerprint density at radius 1 is 0.783 bits per heavy atom. The summed E-state index contributed by atoms with van der Waals surface area (Å²) in [5.41, 5.74) is 2.11. The molecule has 3 aromatic rings. The molecule has 1 aliphatic heterocycles. The van der Waals surface area contributed by atoms with Crippen LogP contribution in [-0.2, 0) is 48.2 Å². The van der Waals surface area contributed by atoms with Gasteiger partial charge in [-0.25, -0.2) is 9.59 Å². The molecule has 1 saturated heterocycles. The van der Waals surface area contributed by atoms with Gasteiger partial charge in [-0.1, -0.05) is 73.7 Å². The number of carbonyl (C=O) groups excluding carboxylic acids is 5. The molecule has 0 aliphatic carbocycles. The normalized spacial score (nSPS) is 16.4. The van der Waals surface area contributed by atoms with Gasteiger partial charge in [-0.15, -0.1) is 0 Å². The number of nitrogens with zero attached hydrogens (tertiary/aromatic N) is 1. The van der Waals surface area contributed by atoms with Crippen LogP contribution in [0.15, 0.2) is 78.9 Å². The molecule has 1 aliphatic rings. The molecule has 4 amide bonds. The number of likely N-dealkylation sites (tertiary alicyclic amines) is 1. The van der Waals surface area contributed by atoms with Crippen molar-refractivity contribution in [3.05, 3.63) is 101 Å². The molecule has 3 aromatic carbocycles. The van der Waals surface area contributed by atoms with E-state index >= 15 is 0 Å². The second-order valence-corrected chi connectivity index (χ2v) is 17.7. The third kappa shape index (κ3) is 16.9. The van der Waals surface area contributed by atoms with E-state index in [4.69, 9.17) is 18.9 Å². The van der Waals surface area contributed by atoms with Gasteiger partial charge in [-0.2, -0.15) is 0 Å². The number of rotatable bonds is 17. The predicted octanol–water partition coefficient (Wildman–Crippen LogP) is 7.42. The second kappa shape index (κ2) is 22.1. The van der Waals surface area contributed by atoms with Gasteiger partial charge in [-0.3, -0.25) is 14.4 Å². The monoisotopic (exact) mass is 828 g/mol. The number of hydrogen-bond acceptors (Lipinski definition) is 9. The fourth-order valence-corrected chi connectivity index (χ4v) is 6.91. The standard InChI is InChI=1S/C47H64N4O9/c1-32-25-36(30-51(29-32)45(56)60-47(6,7)8)23-24-57-38-21-19-33(2)37(26-38)28-48-42(53)39(22-20-34-15-11-9-12-16-34)49-43(54)40(27-41(52)59-46(3,4)5)50-44(55)58-31-35-17-13-10-14-18-35/h9-19,21,26,32,36,39-40H,20,22-25,27-31H2,1-8H3,(H,48,53)(H,49,54)(H,50,55)/t32?,36?,39?,40-/m0/s1. The van der Waals surface area contributed by atoms with Crippen molar-refractivity contribution in [1.82, 2.24) is 20.9 Å². The lowest BCUT2D eigenvalue weighted by atomic mass is 9.88. The van der Waals surface area contributed by atoms with Crippen LogP contribution in [0, 0.1) is 18.8 Å². The largest absolute Gasteiger partial charge is 0.494 e. The highest BCUT2D eigenvalue weighted by molar-refractivity contribution is 5.93. The lowest BCUT2D eigenvalue weighted by molar-refractivity contribution is -0.156. The molecule has 0 bridgehead atoms. The number of hydrogen-bond donors (Lipinski definition) is 3. The highest BCUT2D eigenvalue weighted by atomic mass is 16.6. The summed E-state index contributed by atoms with van der Waals surface area (Å²) in [6.07, 6.45) is 0.800. The van der Waals surface area contributed by atoms with E-state index in [9.17, 15) is 24.0 Å². The Bertz CT molecular complexity index is 1870. The van der Waals surface area contributed by atoms with E-state index in [0.29, 0.717) is 37.8 Å². The van der Waals surface area contributed by atoms with E-state index in [1.807, 2.05) is 94.4 Å². The Labute approximate surface area is 355 Å². The maximum atomic E-state index is 13.9. The highest BCUT2D eigenvalue weighted by Crippen LogP contribution is 2.26. The van der Waals surface area contributed by atoms with E-state index in [0.717, 1.165) is 35.1 Å². The van der Waals surface area contributed by atoms with Crippen LogP contribution in [-0.4, -0.2) is 77.9 Å². The molecule has 1 heterocycles. The summed E-state index contributed by atoms with van der Waals surface area (Å²) in [6, 6.07) is 21.9. The van der Waals surface area contributed by atoms with Gasteiger partial charge in [0.25, 0.3) is 0 Å². The molecule has 326 valence electrons. The summed E-state index contributed by atoms with van der Waals surface area (Å²) in [6.45, 7) is 16.7. The average molecular weight is 829 g/mol. The molecule has 4 atom stereocenters. The first-order chi connectivity index (χ1) is 28.3. The van der Waals surface area contributed by atoms with Gasteiger partial charge in [0, 0.05) is 19.6 Å². The molecule has 0 radical (unpaired) electrons. The lowest BCUT2D eigenvalue weighted by Gasteiger charge is -2.37. The van der Waals surface area contributed by atoms with Gasteiger partial charge in [-0.05, 0) is 120 Å². The van der Waals surface area contributed by atoms with Crippen LogP contribution in [0.25, 0.3) is 0 Å². The van der Waals surface area contributed by atoms with Crippen molar-refractivity contribution in [3.8, 4) is 5.75 Å². The number of alkyl carbamates (subject to hydrolysis) is 1. The van der Waals surface area contributed by atoms with Crippen molar-refractivity contribution >= 4 is 30.0 Å². The van der Waals surface area contributed by atoms with Crippen LogP contribution in [0.4, 0.5) is 9.59 Å². The Balaban J connectivity index is 1.41. The summed E-state index contributed by atoms with van der Waals surface area (Å²) < 4.78 is 22.6. The Kier molecular flexibility index (Phi) is 17.4. The van der Waals surface area contributed by atoms with Crippen molar-refractivity contribution < 1.29 is 42.9 Å². The minimum absolute atomic E-state index is 0.0460. The van der Waals surface area contributed by atoms with Crippen LogP contribution in [0.2, 0.25) is 0 Å². The SMILES string of the molecule is Cc1ccc(OCCC2CC(C)CN(C(=O)OC(C)(C)C)C2)cc1CNC(=O)C(CCc1ccccc1)NC(=O)[C@H](CC(=O)OC(C)(C)C)NC(=O)OCc1ccccc1. The molecule has 0 aromatic heterocycles. The predicted molar refractivity (Wildman–Crippen MR) is 229 cm³/mol. The number of nitrogens with one attached hydrogen (secondary N) is 3. The quantitative estimate of drug-likeness (QED) is 0.0930. The topological polar surface area (TPSA) is 162 Å². The van der Waals surface area contributed by atoms with E-state index in [2.05, 4.69) is 22.9 Å². The number of esters is 1. The van der Waals surface area contributed by atoms with Crippen molar-refractivity contribution in [1.29, 1.82) is 0 Å². The molecule has 1 fully saturated rings. The Morgan fingerprint density at radius 3 is 2.08 bits per heavy atom. The van der Waals surface area contributed by atoms with Gasteiger partial charge >= 0.3 is 18.2 Å². The second-order valence-electron chi connectivity index (χ2n) is 17.7. The van der Waals surface area contributed by atoms with E-state index in [1.165, 1.54) is 0 Å². The van der Waals surface area contributed by atoms with Crippen molar-refractivity contribution in [3.63, 3.8) is 0 Å². The number of ether oxygens (including phenoxy) is 4. The molecule has 0 saturated carbocycles. The summed E-state index contributed by atoms with van der Waals surface area (Å²) >= 11 is 0. The zero-order valence-electron chi connectivity index (χ0n) is 36.5. The summed E-state index contributed by atoms with van der Waals surface area (Å²) in [4.78, 5) is 68.2. The fourth-order valence-electron chi connectivity index (χ4n) is 6.91. The van der Waals surface area contributed by atoms with Gasteiger partial charge in [0.2, 0.25) is 11.8 Å². The van der Waals surface area contributed by atoms with E-state index < -0.39 is 53.6 Å². The summed E-state index contributed by atoms with van der Waals surface area (Å²) in [5.74, 6) is -0.604. The van der Waals surface area contributed by atoms with Crippen molar-refractivity contribution in [2.75, 3.05) is 19.7 Å². The molecular weight excluding hydrogens is 765 g/mol. The number of aryl methyl sites for hydroxylation is 2. The van der Waals surface area contributed by atoms with Crippen LogP contribution >= 0.6 is 0 Å². The molecule has 3 N–H and O–H groups in total. The third-order valence-corrected chi connectivity index (χ3v) is 9.78. The van der Waals surface area contributed by atoms with E-state index in [-0.39, 0.29) is 31.6 Å². The third-order valence-electron chi connectivity index (χ3n) is 9.78. The van der Waals surface area contributed by atoms with Crippen LogP contribution in [0.1, 0.15) is 96.4 Å². The highest BCUT2D eigenvalue weighted by Gasteiger charge is 2.32. The Hall–Kier alpha value is -5.59. The number of benzene rings is 3. The molecule has 13 nitrogen and oxygen atoms in total. The first-order valence-electron chi connectivity index (χ1n) is 20.8. The minimum Gasteiger partial charge on any atom is -0.494 e. The van der Waals surface area contributed by atoms with Crippen LogP contribution in [0.5, 0.6) is 5.75 Å². The smallest absolute Gasteiger partial charge is 0.410 e. The average Bonchev–Trinajstić information content (AvgIpc) is 3.17. The zero-order chi connectivity index (χ0) is 43.9. The molecule has 0 spiro atoms.